The maximum Gasteiger partial charge on any atom is 0.339 e. The van der Waals surface area contributed by atoms with Gasteiger partial charge >= 0.3 is 5.97 Å². The van der Waals surface area contributed by atoms with E-state index < -0.39 is 12.1 Å². The Kier molecular flexibility index (Phi) is 6.53. The molecule has 1 aliphatic rings. The van der Waals surface area contributed by atoms with Crippen LogP contribution >= 0.6 is 15.9 Å². The van der Waals surface area contributed by atoms with Crippen LogP contribution in [0.2, 0.25) is 0 Å². The summed E-state index contributed by atoms with van der Waals surface area (Å²) in [5.74, 6) is 0.741. The second-order valence-corrected chi connectivity index (χ2v) is 9.77. The number of hydrogen-bond acceptors (Lipinski definition) is 6. The van der Waals surface area contributed by atoms with Gasteiger partial charge in [0.2, 0.25) is 0 Å². The first-order chi connectivity index (χ1) is 13.6. The van der Waals surface area contributed by atoms with E-state index in [2.05, 4.69) is 53.6 Å². The summed E-state index contributed by atoms with van der Waals surface area (Å²) < 4.78 is 13.7. The summed E-state index contributed by atoms with van der Waals surface area (Å²) in [6.07, 6.45) is 1.29. The zero-order chi connectivity index (χ0) is 21.3. The average Bonchev–Trinajstić information content (AvgIpc) is 3.01. The monoisotopic (exact) mass is 466 g/mol. The van der Waals surface area contributed by atoms with Crippen LogP contribution in [0.5, 0.6) is 0 Å². The predicted octanol–water partition coefficient (Wildman–Crippen LogP) is 4.31. The molecule has 1 saturated heterocycles. The molecule has 29 heavy (non-hydrogen) atoms. The summed E-state index contributed by atoms with van der Waals surface area (Å²) in [6, 6.07) is 1.89. The third-order valence-corrected chi connectivity index (χ3v) is 5.85. The van der Waals surface area contributed by atoms with Crippen molar-refractivity contribution < 1.29 is 14.3 Å². The van der Waals surface area contributed by atoms with Gasteiger partial charge in [0.1, 0.15) is 10.4 Å². The molecule has 0 N–H and O–H groups in total. The second kappa shape index (κ2) is 8.60. The topological polar surface area (TPSA) is 69.0 Å². The van der Waals surface area contributed by atoms with Crippen LogP contribution in [0.3, 0.4) is 0 Å². The number of aromatic nitrogens is 3. The van der Waals surface area contributed by atoms with Crippen LogP contribution in [0.25, 0.3) is 5.65 Å². The Morgan fingerprint density at radius 3 is 2.55 bits per heavy atom. The van der Waals surface area contributed by atoms with Crippen molar-refractivity contribution in [2.45, 2.75) is 53.6 Å². The van der Waals surface area contributed by atoms with Gasteiger partial charge in [-0.3, -0.25) is 0 Å². The van der Waals surface area contributed by atoms with Gasteiger partial charge in [0.25, 0.3) is 0 Å². The third-order valence-electron chi connectivity index (χ3n) is 5.46. The summed E-state index contributed by atoms with van der Waals surface area (Å²) in [7, 11) is 1.39. The van der Waals surface area contributed by atoms with Crippen LogP contribution in [0.1, 0.15) is 57.9 Å². The first kappa shape index (κ1) is 22.0. The molecule has 3 rings (SSSR count). The maximum atomic E-state index is 12.7. The quantitative estimate of drug-likeness (QED) is 0.590. The first-order valence-corrected chi connectivity index (χ1v) is 10.9. The molecule has 8 heteroatoms. The maximum absolute atomic E-state index is 12.7. The number of esters is 1. The van der Waals surface area contributed by atoms with Crippen LogP contribution in [0, 0.1) is 18.3 Å². The highest BCUT2D eigenvalue weighted by atomic mass is 79.9. The van der Waals surface area contributed by atoms with Crippen LogP contribution in [-0.2, 0) is 14.3 Å². The van der Waals surface area contributed by atoms with Gasteiger partial charge in [0, 0.05) is 24.8 Å². The van der Waals surface area contributed by atoms with E-state index in [9.17, 15) is 4.79 Å². The van der Waals surface area contributed by atoms with Gasteiger partial charge in [-0.15, -0.1) is 0 Å². The molecule has 1 fully saturated rings. The van der Waals surface area contributed by atoms with Crippen molar-refractivity contribution in [2.75, 3.05) is 31.7 Å². The molecule has 2 aromatic heterocycles. The minimum absolute atomic E-state index is 0.289. The molecular formula is C21H31BrN4O3. The summed E-state index contributed by atoms with van der Waals surface area (Å²) >= 11 is 3.47. The number of aryl methyl sites for hydroxylation is 1. The lowest BCUT2D eigenvalue weighted by atomic mass is 9.82. The number of piperidine rings is 1. The number of halogens is 1. The molecule has 0 amide bonds. The molecule has 0 radical (unpaired) electrons. The Balaban J connectivity index is 2.16. The van der Waals surface area contributed by atoms with Crippen LogP contribution in [0.4, 0.5) is 5.82 Å². The van der Waals surface area contributed by atoms with E-state index in [1.54, 1.807) is 0 Å². The number of nitrogens with zero attached hydrogens (tertiary/aromatic N) is 4. The fourth-order valence-corrected chi connectivity index (χ4v) is 4.05. The molecule has 0 aromatic carbocycles. The van der Waals surface area contributed by atoms with Crippen molar-refractivity contribution in [1.29, 1.82) is 0 Å². The zero-order valence-electron chi connectivity index (χ0n) is 18.2. The SMILES string of the molecule is COC(=O)C(OCC(C)C)c1c(C)nc2cc(Br)nn2c1N1CCC(C)(C)CC1. The van der Waals surface area contributed by atoms with Crippen molar-refractivity contribution in [2.24, 2.45) is 11.3 Å². The lowest BCUT2D eigenvalue weighted by Gasteiger charge is -2.39. The van der Waals surface area contributed by atoms with Gasteiger partial charge in [-0.05, 0) is 47.0 Å². The number of rotatable bonds is 6. The van der Waals surface area contributed by atoms with Crippen molar-refractivity contribution in [3.8, 4) is 0 Å². The number of carbonyl (C=O) groups excluding carboxylic acids is 1. The molecule has 1 aliphatic heterocycles. The molecular weight excluding hydrogens is 436 g/mol. The summed E-state index contributed by atoms with van der Waals surface area (Å²) in [4.78, 5) is 19.7. The largest absolute Gasteiger partial charge is 0.467 e. The van der Waals surface area contributed by atoms with E-state index in [1.807, 2.05) is 17.5 Å². The number of fused-ring (bicyclic) bond motifs is 1. The van der Waals surface area contributed by atoms with Crippen molar-refractivity contribution >= 4 is 33.4 Å². The van der Waals surface area contributed by atoms with E-state index in [1.165, 1.54) is 7.11 Å². The molecule has 0 aliphatic carbocycles. The number of hydrogen-bond donors (Lipinski definition) is 0. The van der Waals surface area contributed by atoms with Crippen LogP contribution in [0.15, 0.2) is 10.7 Å². The Morgan fingerprint density at radius 2 is 1.97 bits per heavy atom. The normalized spacial score (nSPS) is 17.7. The molecule has 0 spiro atoms. The Labute approximate surface area is 180 Å². The van der Waals surface area contributed by atoms with Gasteiger partial charge in [0.15, 0.2) is 11.8 Å². The fourth-order valence-electron chi connectivity index (χ4n) is 3.69. The molecule has 1 atom stereocenters. The standard InChI is InChI=1S/C21H31BrN4O3/c1-13(2)12-29-18(20(27)28-6)17-14(3)23-16-11-15(22)24-26(16)19(17)25-9-7-21(4,5)8-10-25/h11,13,18H,7-10,12H2,1-6H3. The molecule has 7 nitrogen and oxygen atoms in total. The molecule has 2 aromatic rings. The first-order valence-electron chi connectivity index (χ1n) is 10.1. The summed E-state index contributed by atoms with van der Waals surface area (Å²) in [6.45, 7) is 12.8. The summed E-state index contributed by atoms with van der Waals surface area (Å²) in [5, 5.41) is 4.61. The van der Waals surface area contributed by atoms with E-state index in [4.69, 9.17) is 14.5 Å². The highest BCUT2D eigenvalue weighted by molar-refractivity contribution is 9.10. The number of anilines is 1. The number of methoxy groups -OCH3 is 1. The second-order valence-electron chi connectivity index (χ2n) is 8.95. The Bertz CT molecular complexity index is 884. The van der Waals surface area contributed by atoms with Gasteiger partial charge in [-0.1, -0.05) is 27.7 Å². The summed E-state index contributed by atoms with van der Waals surface area (Å²) in [5.41, 5.74) is 2.54. The molecule has 160 valence electrons. The van der Waals surface area contributed by atoms with Gasteiger partial charge in [-0.25, -0.2) is 9.78 Å². The fraction of sp³-hybridized carbons (Fsp3) is 0.667. The number of ether oxygens (including phenoxy) is 2. The van der Waals surface area contributed by atoms with Crippen molar-refractivity contribution in [3.63, 3.8) is 0 Å². The van der Waals surface area contributed by atoms with Gasteiger partial charge in [0.05, 0.1) is 19.3 Å². The highest BCUT2D eigenvalue weighted by Gasteiger charge is 2.35. The molecule has 0 saturated carbocycles. The third kappa shape index (κ3) is 4.74. The predicted molar refractivity (Wildman–Crippen MR) is 116 cm³/mol. The lowest BCUT2D eigenvalue weighted by molar-refractivity contribution is -0.155. The van der Waals surface area contributed by atoms with Gasteiger partial charge in [-0.2, -0.15) is 9.61 Å². The van der Waals surface area contributed by atoms with Crippen molar-refractivity contribution in [1.82, 2.24) is 14.6 Å². The van der Waals surface area contributed by atoms with Gasteiger partial charge < -0.3 is 14.4 Å². The highest BCUT2D eigenvalue weighted by Crippen LogP contribution is 2.38. The molecule has 1 unspecified atom stereocenters. The van der Waals surface area contributed by atoms with E-state index in [0.29, 0.717) is 16.6 Å². The average molecular weight is 467 g/mol. The Morgan fingerprint density at radius 1 is 1.31 bits per heavy atom. The zero-order valence-corrected chi connectivity index (χ0v) is 19.7. The van der Waals surface area contributed by atoms with Crippen LogP contribution in [-0.4, -0.2) is 47.4 Å². The van der Waals surface area contributed by atoms with E-state index >= 15 is 0 Å². The van der Waals surface area contributed by atoms with Crippen LogP contribution < -0.4 is 4.90 Å². The van der Waals surface area contributed by atoms with Crippen molar-refractivity contribution in [3.05, 3.63) is 21.9 Å². The molecule has 0 bridgehead atoms. The molecule has 3 heterocycles. The van der Waals surface area contributed by atoms with E-state index in [-0.39, 0.29) is 5.92 Å². The smallest absolute Gasteiger partial charge is 0.339 e. The van der Waals surface area contributed by atoms with E-state index in [0.717, 1.165) is 48.7 Å². The lowest BCUT2D eigenvalue weighted by Crippen LogP contribution is -2.40. The minimum Gasteiger partial charge on any atom is -0.467 e. The Hall–Kier alpha value is -1.67. The number of carbonyl (C=O) groups is 1. The minimum atomic E-state index is -0.841.